The van der Waals surface area contributed by atoms with Gasteiger partial charge in [-0.15, -0.1) is 0 Å². The van der Waals surface area contributed by atoms with Gasteiger partial charge in [-0.05, 0) is 91.4 Å². The van der Waals surface area contributed by atoms with Crippen molar-refractivity contribution in [1.82, 2.24) is 0 Å². The van der Waals surface area contributed by atoms with Crippen LogP contribution in [0.2, 0.25) is 0 Å². The Kier molecular flexibility index (Phi) is 4.52. The lowest BCUT2D eigenvalue weighted by Crippen LogP contribution is -2.60. The van der Waals surface area contributed by atoms with Crippen LogP contribution >= 0.6 is 0 Å². The van der Waals surface area contributed by atoms with E-state index in [9.17, 15) is 19.5 Å². The third-order valence-electron chi connectivity index (χ3n) is 10.9. The van der Waals surface area contributed by atoms with Crippen LogP contribution in [-0.4, -0.2) is 22.6 Å². The van der Waals surface area contributed by atoms with Crippen LogP contribution in [0.15, 0.2) is 11.6 Å². The van der Waals surface area contributed by atoms with Gasteiger partial charge in [0.05, 0.1) is 5.41 Å². The second-order valence-electron chi connectivity index (χ2n) is 12.9. The molecule has 0 saturated heterocycles. The number of hydrogen-bond donors (Lipinski definition) is 1. The van der Waals surface area contributed by atoms with Crippen LogP contribution < -0.4 is 0 Å². The molecule has 5 aliphatic carbocycles. The van der Waals surface area contributed by atoms with Gasteiger partial charge in [0.2, 0.25) is 0 Å². The van der Waals surface area contributed by atoms with Crippen LogP contribution in [0.25, 0.3) is 0 Å². The molecule has 0 aromatic heterocycles. The zero-order chi connectivity index (χ0) is 22.4. The Morgan fingerprint density at radius 2 is 1.68 bits per heavy atom. The second kappa shape index (κ2) is 6.54. The Hall–Kier alpha value is -1.45. The number of Topliss-reactive ketones (excluding diaryl/α,β-unsaturated/α-hetero) is 1. The summed E-state index contributed by atoms with van der Waals surface area (Å²) in [5, 5.41) is 10.3. The number of carbonyl (C=O) groups is 3. The first-order valence-electron chi connectivity index (χ1n) is 12.4. The summed E-state index contributed by atoms with van der Waals surface area (Å²) in [6.07, 6.45) is 10.2. The summed E-state index contributed by atoms with van der Waals surface area (Å²) in [6.45, 7) is 9.14. The van der Waals surface area contributed by atoms with Gasteiger partial charge in [-0.3, -0.25) is 14.4 Å². The molecule has 4 saturated carbocycles. The minimum atomic E-state index is -0.730. The molecule has 0 radical (unpaired) electrons. The first kappa shape index (κ1) is 21.4. The largest absolute Gasteiger partial charge is 0.481 e. The molecule has 4 nitrogen and oxygen atoms in total. The average molecular weight is 427 g/mol. The molecule has 31 heavy (non-hydrogen) atoms. The first-order valence-corrected chi connectivity index (χ1v) is 12.4. The average Bonchev–Trinajstić information content (AvgIpc) is 2.69. The number of rotatable bonds is 1. The van der Waals surface area contributed by atoms with E-state index in [4.69, 9.17) is 0 Å². The van der Waals surface area contributed by atoms with E-state index in [-0.39, 0.29) is 39.8 Å². The van der Waals surface area contributed by atoms with Crippen LogP contribution in [0.4, 0.5) is 0 Å². The number of aliphatic carboxylic acids is 1. The van der Waals surface area contributed by atoms with Crippen molar-refractivity contribution >= 4 is 17.5 Å². The van der Waals surface area contributed by atoms with Gasteiger partial charge in [-0.2, -0.15) is 0 Å². The van der Waals surface area contributed by atoms with Crippen molar-refractivity contribution in [3.8, 4) is 0 Å². The van der Waals surface area contributed by atoms with Crippen molar-refractivity contribution in [2.75, 3.05) is 0 Å². The zero-order valence-corrected chi connectivity index (χ0v) is 19.6. The molecule has 0 aliphatic heterocycles. The maximum Gasteiger partial charge on any atom is 0.309 e. The Morgan fingerprint density at radius 1 is 0.935 bits per heavy atom. The molecule has 0 aromatic rings. The lowest BCUT2D eigenvalue weighted by molar-refractivity contribution is -0.175. The van der Waals surface area contributed by atoms with Crippen LogP contribution in [0, 0.1) is 45.3 Å². The van der Waals surface area contributed by atoms with Gasteiger partial charge in [0.25, 0.3) is 0 Å². The standard InChI is InChI=1S/C27H38O4/c1-24(2)11-12-27(23(30)31)10-7-18-22(19(27)15-24)20(29)14-21-25(3)9-6-17(28)13-16(25)5-8-26(18,21)4/h14,16,18-19,22H,5-13,15H2,1-4H3,(H,30,31). The van der Waals surface area contributed by atoms with Crippen LogP contribution in [0.1, 0.15) is 91.9 Å². The van der Waals surface area contributed by atoms with Crippen LogP contribution in [0.5, 0.6) is 0 Å². The monoisotopic (exact) mass is 426 g/mol. The molecule has 5 rings (SSSR count). The van der Waals surface area contributed by atoms with Crippen molar-refractivity contribution in [3.05, 3.63) is 11.6 Å². The minimum Gasteiger partial charge on any atom is -0.481 e. The summed E-state index contributed by atoms with van der Waals surface area (Å²) < 4.78 is 0. The summed E-state index contributed by atoms with van der Waals surface area (Å²) in [5.41, 5.74) is 0.551. The van der Waals surface area contributed by atoms with E-state index in [1.165, 1.54) is 5.57 Å². The van der Waals surface area contributed by atoms with Gasteiger partial charge in [-0.1, -0.05) is 33.3 Å². The van der Waals surface area contributed by atoms with Gasteiger partial charge < -0.3 is 5.11 Å². The highest BCUT2D eigenvalue weighted by molar-refractivity contribution is 5.95. The highest BCUT2D eigenvalue weighted by atomic mass is 16.4. The fourth-order valence-electron chi connectivity index (χ4n) is 8.97. The highest BCUT2D eigenvalue weighted by Gasteiger charge is 2.65. The van der Waals surface area contributed by atoms with E-state index in [1.54, 1.807) is 0 Å². The molecule has 0 amide bonds. The fraction of sp³-hybridized carbons (Fsp3) is 0.815. The van der Waals surface area contributed by atoms with Gasteiger partial charge in [0.1, 0.15) is 5.78 Å². The van der Waals surface area contributed by atoms with Crippen LogP contribution in [-0.2, 0) is 14.4 Å². The van der Waals surface area contributed by atoms with E-state index in [0.29, 0.717) is 37.4 Å². The summed E-state index contributed by atoms with van der Waals surface area (Å²) >= 11 is 0. The predicted octanol–water partition coefficient (Wildman–Crippen LogP) is 5.59. The van der Waals surface area contributed by atoms with E-state index in [0.717, 1.165) is 38.5 Å². The first-order chi connectivity index (χ1) is 14.4. The smallest absolute Gasteiger partial charge is 0.309 e. The Labute approximate surface area is 186 Å². The molecule has 0 bridgehead atoms. The third kappa shape index (κ3) is 2.82. The molecule has 0 aromatic carbocycles. The van der Waals surface area contributed by atoms with Gasteiger partial charge >= 0.3 is 5.97 Å². The minimum absolute atomic E-state index is 0.0452. The SMILES string of the molecule is CC1(C)CCC2(C(=O)O)CCC3C(C(=O)C=C4C5(C)CCC(=O)CC5CCC43C)C2C1. The zero-order valence-electron chi connectivity index (χ0n) is 19.6. The molecule has 7 unspecified atom stereocenters. The van der Waals surface area contributed by atoms with Gasteiger partial charge in [-0.25, -0.2) is 0 Å². The van der Waals surface area contributed by atoms with Crippen LogP contribution in [0.3, 0.4) is 0 Å². The molecule has 7 atom stereocenters. The van der Waals surface area contributed by atoms with Crippen molar-refractivity contribution in [2.24, 2.45) is 45.3 Å². The van der Waals surface area contributed by atoms with Crippen molar-refractivity contribution < 1.29 is 19.5 Å². The van der Waals surface area contributed by atoms with Gasteiger partial charge in [0.15, 0.2) is 5.78 Å². The number of hydrogen-bond acceptors (Lipinski definition) is 3. The van der Waals surface area contributed by atoms with Crippen molar-refractivity contribution in [3.63, 3.8) is 0 Å². The molecular weight excluding hydrogens is 388 g/mol. The molecule has 0 heterocycles. The predicted molar refractivity (Wildman–Crippen MR) is 118 cm³/mol. The topological polar surface area (TPSA) is 71.4 Å². The molecular formula is C27H38O4. The number of allylic oxidation sites excluding steroid dienone is 2. The number of carboxylic acid groups (broad SMARTS) is 1. The second-order valence-corrected chi connectivity index (χ2v) is 12.9. The van der Waals surface area contributed by atoms with E-state index < -0.39 is 11.4 Å². The Bertz CT molecular complexity index is 884. The molecule has 0 spiro atoms. The Morgan fingerprint density at radius 3 is 2.39 bits per heavy atom. The normalized spacial score (nSPS) is 48.6. The Balaban J connectivity index is 1.59. The highest BCUT2D eigenvalue weighted by Crippen LogP contribution is 2.69. The lowest BCUT2D eigenvalue weighted by atomic mass is 9.39. The molecule has 4 fully saturated rings. The number of fused-ring (bicyclic) bond motifs is 7. The summed E-state index contributed by atoms with van der Waals surface area (Å²) in [5.74, 6) is 0.246. The number of carboxylic acids is 1. The molecule has 1 N–H and O–H groups in total. The molecule has 5 aliphatic rings. The van der Waals surface area contributed by atoms with Gasteiger partial charge in [0, 0.05) is 18.8 Å². The van der Waals surface area contributed by atoms with Crippen molar-refractivity contribution in [2.45, 2.75) is 91.9 Å². The maximum absolute atomic E-state index is 13.8. The molecule has 4 heteroatoms. The van der Waals surface area contributed by atoms with E-state index >= 15 is 0 Å². The fourth-order valence-corrected chi connectivity index (χ4v) is 8.97. The maximum atomic E-state index is 13.8. The number of ketones is 2. The number of carbonyl (C=O) groups excluding carboxylic acids is 2. The molecule has 170 valence electrons. The summed E-state index contributed by atoms with van der Waals surface area (Å²) in [7, 11) is 0. The third-order valence-corrected chi connectivity index (χ3v) is 10.9. The van der Waals surface area contributed by atoms with E-state index in [2.05, 4.69) is 27.7 Å². The summed E-state index contributed by atoms with van der Waals surface area (Å²) in [4.78, 5) is 38.5. The quantitative estimate of drug-likeness (QED) is 0.593. The van der Waals surface area contributed by atoms with Crippen molar-refractivity contribution in [1.29, 1.82) is 0 Å². The summed E-state index contributed by atoms with van der Waals surface area (Å²) in [6, 6.07) is 0. The lowest BCUT2D eigenvalue weighted by Gasteiger charge is -2.63. The van der Waals surface area contributed by atoms with E-state index in [1.807, 2.05) is 6.08 Å².